The van der Waals surface area contributed by atoms with Crippen LogP contribution in [0.2, 0.25) is 0 Å². The van der Waals surface area contributed by atoms with Crippen molar-refractivity contribution in [3.8, 4) is 0 Å². The van der Waals surface area contributed by atoms with Crippen LogP contribution in [0.3, 0.4) is 0 Å². The van der Waals surface area contributed by atoms with Crippen LogP contribution in [-0.2, 0) is 4.79 Å². The summed E-state index contributed by atoms with van der Waals surface area (Å²) in [5.41, 5.74) is 6.27. The van der Waals surface area contributed by atoms with Crippen molar-refractivity contribution >= 4 is 29.0 Å². The van der Waals surface area contributed by atoms with Gasteiger partial charge < -0.3 is 10.2 Å². The maximum Gasteiger partial charge on any atom is 0.234 e. The third-order valence-corrected chi connectivity index (χ3v) is 8.26. The first-order valence-corrected chi connectivity index (χ1v) is 15.1. The van der Waals surface area contributed by atoms with Gasteiger partial charge in [0.15, 0.2) is 0 Å². The average Bonchev–Trinajstić information content (AvgIpc) is 2.86. The predicted octanol–water partition coefficient (Wildman–Crippen LogP) is 7.30. The van der Waals surface area contributed by atoms with Crippen molar-refractivity contribution in [3.05, 3.63) is 59.2 Å². The van der Waals surface area contributed by atoms with Crippen molar-refractivity contribution in [2.24, 2.45) is 0 Å². The van der Waals surface area contributed by atoms with Gasteiger partial charge in [0.05, 0.1) is 5.75 Å². The molecule has 5 heteroatoms. The largest absolute Gasteiger partial charge is 0.369 e. The van der Waals surface area contributed by atoms with Gasteiger partial charge >= 0.3 is 0 Å². The molecule has 1 aliphatic rings. The van der Waals surface area contributed by atoms with E-state index in [0.29, 0.717) is 17.6 Å². The van der Waals surface area contributed by atoms with E-state index in [1.807, 2.05) is 0 Å². The van der Waals surface area contributed by atoms with Crippen molar-refractivity contribution in [1.82, 2.24) is 4.90 Å². The Morgan fingerprint density at radius 2 is 1.50 bits per heavy atom. The van der Waals surface area contributed by atoms with Gasteiger partial charge in [0.2, 0.25) is 5.91 Å². The summed E-state index contributed by atoms with van der Waals surface area (Å²) in [4.78, 5) is 17.8. The highest BCUT2D eigenvalue weighted by atomic mass is 32.2. The number of rotatable bonds is 13. The molecule has 1 N–H and O–H groups in total. The zero-order valence-corrected chi connectivity index (χ0v) is 24.0. The number of benzene rings is 2. The first-order valence-electron chi connectivity index (χ1n) is 13.9. The Balaban J connectivity index is 1.26. The number of nitrogens with one attached hydrogen (secondary N) is 1. The molecule has 0 unspecified atom stereocenters. The number of carbonyl (C=O) groups is 1. The lowest BCUT2D eigenvalue weighted by atomic mass is 9.92. The van der Waals surface area contributed by atoms with Gasteiger partial charge in [-0.2, -0.15) is 11.8 Å². The number of carbonyl (C=O) groups excluding carboxylic acids is 1. The van der Waals surface area contributed by atoms with E-state index in [1.165, 1.54) is 54.6 Å². The molecule has 0 saturated carbocycles. The SMILES string of the molecule is Cc1ccccc1N1CCN(CCCCCCSCC(=O)Nc2c(C(C)C)cccc2C(C)C)CC1. The number of amides is 1. The van der Waals surface area contributed by atoms with Crippen LogP contribution in [0.5, 0.6) is 0 Å². The van der Waals surface area contributed by atoms with Gasteiger partial charge in [0, 0.05) is 37.6 Å². The fourth-order valence-corrected chi connectivity index (χ4v) is 5.87. The quantitative estimate of drug-likeness (QED) is 0.287. The zero-order valence-electron chi connectivity index (χ0n) is 23.2. The predicted molar refractivity (Wildman–Crippen MR) is 159 cm³/mol. The number of para-hydroxylation sites is 2. The normalized spacial score (nSPS) is 14.6. The Bertz CT molecular complexity index is 924. The Kier molecular flexibility index (Phi) is 11.7. The van der Waals surface area contributed by atoms with Crippen LogP contribution in [0, 0.1) is 6.92 Å². The molecule has 1 amide bonds. The van der Waals surface area contributed by atoms with Crippen LogP contribution >= 0.6 is 11.8 Å². The number of nitrogens with zero attached hydrogens (tertiary/aromatic N) is 2. The van der Waals surface area contributed by atoms with Gasteiger partial charge in [-0.1, -0.05) is 76.9 Å². The molecule has 2 aromatic carbocycles. The molecule has 36 heavy (non-hydrogen) atoms. The van der Waals surface area contributed by atoms with Gasteiger partial charge in [-0.15, -0.1) is 0 Å². The Labute approximate surface area is 224 Å². The lowest BCUT2D eigenvalue weighted by Crippen LogP contribution is -2.46. The molecule has 0 spiro atoms. The average molecular weight is 510 g/mol. The zero-order chi connectivity index (χ0) is 25.9. The first kappa shape index (κ1) is 28.6. The second-order valence-corrected chi connectivity index (χ2v) is 11.9. The van der Waals surface area contributed by atoms with Crippen molar-refractivity contribution < 1.29 is 4.79 Å². The molecule has 1 fully saturated rings. The van der Waals surface area contributed by atoms with Gasteiger partial charge in [0.25, 0.3) is 0 Å². The summed E-state index contributed by atoms with van der Waals surface area (Å²) in [6.45, 7) is 16.8. The third-order valence-electron chi connectivity index (χ3n) is 7.21. The van der Waals surface area contributed by atoms with E-state index in [9.17, 15) is 4.79 Å². The summed E-state index contributed by atoms with van der Waals surface area (Å²) >= 11 is 1.77. The second-order valence-electron chi connectivity index (χ2n) is 10.8. The minimum absolute atomic E-state index is 0.125. The standard InChI is InChI=1S/C31H47N3OS/c1-24(2)27-14-12-15-28(25(3)4)31(27)32-30(35)23-36-22-11-7-6-10-17-33-18-20-34(21-19-33)29-16-9-8-13-26(29)5/h8-9,12-16,24-25H,6-7,10-11,17-23H2,1-5H3,(H,32,35). The Morgan fingerprint density at radius 3 is 2.14 bits per heavy atom. The van der Waals surface area contributed by atoms with Gasteiger partial charge in [-0.3, -0.25) is 9.69 Å². The molecule has 4 nitrogen and oxygen atoms in total. The first-order chi connectivity index (χ1) is 17.4. The van der Waals surface area contributed by atoms with Crippen LogP contribution in [0.4, 0.5) is 11.4 Å². The Hall–Kier alpha value is -1.98. The van der Waals surface area contributed by atoms with Gasteiger partial charge in [0.1, 0.15) is 0 Å². The molecule has 0 atom stereocenters. The molecular formula is C31H47N3OS. The van der Waals surface area contributed by atoms with E-state index in [-0.39, 0.29) is 5.91 Å². The number of aryl methyl sites for hydroxylation is 1. The van der Waals surface area contributed by atoms with Crippen molar-refractivity contribution in [2.75, 3.05) is 54.4 Å². The van der Waals surface area contributed by atoms with E-state index in [2.05, 4.69) is 92.2 Å². The molecule has 198 valence electrons. The monoisotopic (exact) mass is 509 g/mol. The smallest absolute Gasteiger partial charge is 0.234 e. The Morgan fingerprint density at radius 1 is 0.861 bits per heavy atom. The van der Waals surface area contributed by atoms with Crippen LogP contribution in [0.15, 0.2) is 42.5 Å². The highest BCUT2D eigenvalue weighted by Crippen LogP contribution is 2.32. The number of hydrogen-bond acceptors (Lipinski definition) is 4. The number of anilines is 2. The molecular weight excluding hydrogens is 462 g/mol. The summed E-state index contributed by atoms with van der Waals surface area (Å²) in [6.07, 6.45) is 5.01. The van der Waals surface area contributed by atoms with Gasteiger partial charge in [-0.05, 0) is 66.7 Å². The summed E-state index contributed by atoms with van der Waals surface area (Å²) < 4.78 is 0. The van der Waals surface area contributed by atoms with Crippen LogP contribution in [-0.4, -0.2) is 55.0 Å². The molecule has 0 aliphatic carbocycles. The molecule has 1 heterocycles. The molecule has 1 aliphatic heterocycles. The minimum Gasteiger partial charge on any atom is -0.369 e. The lowest BCUT2D eigenvalue weighted by Gasteiger charge is -2.36. The maximum atomic E-state index is 12.7. The number of hydrogen-bond donors (Lipinski definition) is 1. The third kappa shape index (κ3) is 8.55. The number of unbranched alkanes of at least 4 members (excludes halogenated alkanes) is 3. The topological polar surface area (TPSA) is 35.6 Å². The van der Waals surface area contributed by atoms with Crippen LogP contribution in [0.1, 0.15) is 81.9 Å². The molecule has 0 aromatic heterocycles. The number of thioether (sulfide) groups is 1. The number of piperazine rings is 1. The second kappa shape index (κ2) is 14.7. The molecule has 2 aromatic rings. The van der Waals surface area contributed by atoms with E-state index in [1.54, 1.807) is 11.8 Å². The lowest BCUT2D eigenvalue weighted by molar-refractivity contribution is -0.113. The highest BCUT2D eigenvalue weighted by Gasteiger charge is 2.18. The fourth-order valence-electron chi connectivity index (χ4n) is 5.06. The maximum absolute atomic E-state index is 12.7. The van der Waals surface area contributed by atoms with E-state index < -0.39 is 0 Å². The van der Waals surface area contributed by atoms with E-state index >= 15 is 0 Å². The minimum atomic E-state index is 0.125. The summed E-state index contributed by atoms with van der Waals surface area (Å²) in [5, 5.41) is 3.24. The summed E-state index contributed by atoms with van der Waals surface area (Å²) in [7, 11) is 0. The van der Waals surface area contributed by atoms with Crippen molar-refractivity contribution in [3.63, 3.8) is 0 Å². The molecule has 0 bridgehead atoms. The van der Waals surface area contributed by atoms with Gasteiger partial charge in [-0.25, -0.2) is 0 Å². The summed E-state index contributed by atoms with van der Waals surface area (Å²) in [6, 6.07) is 15.1. The fraction of sp³-hybridized carbons (Fsp3) is 0.581. The molecule has 1 saturated heterocycles. The van der Waals surface area contributed by atoms with Crippen molar-refractivity contribution in [1.29, 1.82) is 0 Å². The van der Waals surface area contributed by atoms with E-state index in [0.717, 1.165) is 37.6 Å². The van der Waals surface area contributed by atoms with Crippen molar-refractivity contribution in [2.45, 2.75) is 72.1 Å². The molecule has 0 radical (unpaired) electrons. The highest BCUT2D eigenvalue weighted by molar-refractivity contribution is 7.99. The van der Waals surface area contributed by atoms with Crippen LogP contribution < -0.4 is 10.2 Å². The van der Waals surface area contributed by atoms with Crippen LogP contribution in [0.25, 0.3) is 0 Å². The molecule has 3 rings (SSSR count). The van der Waals surface area contributed by atoms with E-state index in [4.69, 9.17) is 0 Å². The summed E-state index contributed by atoms with van der Waals surface area (Å²) in [5.74, 6) is 2.51.